The maximum Gasteiger partial charge on any atom is 0.251 e. The van der Waals surface area contributed by atoms with Crippen LogP contribution in [-0.2, 0) is 0 Å². The molecule has 0 fully saturated rings. The molecular formula is C16H24N2O2. The molecule has 1 rings (SSSR count). The van der Waals surface area contributed by atoms with Crippen LogP contribution in [0.15, 0.2) is 24.3 Å². The molecule has 4 heteroatoms. The Balaban J connectivity index is 2.57. The van der Waals surface area contributed by atoms with Crippen molar-refractivity contribution >= 4 is 11.8 Å². The molecule has 1 unspecified atom stereocenters. The lowest BCUT2D eigenvalue weighted by molar-refractivity contribution is 0.0946. The van der Waals surface area contributed by atoms with Crippen molar-refractivity contribution in [3.8, 4) is 0 Å². The molecule has 0 heterocycles. The van der Waals surface area contributed by atoms with Gasteiger partial charge in [-0.15, -0.1) is 0 Å². The molecule has 0 aromatic heterocycles. The number of amides is 2. The number of rotatable bonds is 8. The van der Waals surface area contributed by atoms with E-state index in [1.165, 1.54) is 18.9 Å². The summed E-state index contributed by atoms with van der Waals surface area (Å²) in [5.74, 6) is -0.157. The Kier molecular flexibility index (Phi) is 6.77. The molecule has 4 nitrogen and oxygen atoms in total. The number of benzene rings is 1. The topological polar surface area (TPSA) is 72.2 Å². The molecule has 2 amide bonds. The van der Waals surface area contributed by atoms with E-state index in [-0.39, 0.29) is 5.91 Å². The first-order valence-corrected chi connectivity index (χ1v) is 7.26. The summed E-state index contributed by atoms with van der Waals surface area (Å²) in [6, 6.07) is 6.50. The number of primary amides is 1. The third-order valence-electron chi connectivity index (χ3n) is 3.50. The number of carbonyl (C=O) groups excluding carboxylic acids is 2. The number of hydrogen-bond acceptors (Lipinski definition) is 2. The van der Waals surface area contributed by atoms with Crippen LogP contribution in [0.25, 0.3) is 0 Å². The minimum atomic E-state index is -0.519. The summed E-state index contributed by atoms with van der Waals surface area (Å²) in [7, 11) is 0. The lowest BCUT2D eigenvalue weighted by Gasteiger charge is -2.15. The molecule has 0 bridgehead atoms. The second kappa shape index (κ2) is 8.35. The van der Waals surface area contributed by atoms with Gasteiger partial charge < -0.3 is 11.1 Å². The molecule has 1 aromatic rings. The summed E-state index contributed by atoms with van der Waals surface area (Å²) in [5, 5.41) is 2.93. The first kappa shape index (κ1) is 16.2. The lowest BCUT2D eigenvalue weighted by atomic mass is 9.99. The van der Waals surface area contributed by atoms with Crippen molar-refractivity contribution < 1.29 is 9.59 Å². The molecule has 0 saturated heterocycles. The van der Waals surface area contributed by atoms with Gasteiger partial charge in [0.15, 0.2) is 0 Å². The number of hydrogen-bond donors (Lipinski definition) is 2. The second-order valence-corrected chi connectivity index (χ2v) is 5.07. The van der Waals surface area contributed by atoms with E-state index >= 15 is 0 Å². The normalized spacial score (nSPS) is 11.9. The van der Waals surface area contributed by atoms with Gasteiger partial charge in [-0.2, -0.15) is 0 Å². The van der Waals surface area contributed by atoms with Crippen LogP contribution in [0, 0.1) is 5.92 Å². The predicted octanol–water partition coefficient (Wildman–Crippen LogP) is 2.73. The van der Waals surface area contributed by atoms with E-state index in [2.05, 4.69) is 19.2 Å². The van der Waals surface area contributed by atoms with Crippen molar-refractivity contribution in [1.82, 2.24) is 5.32 Å². The first-order chi connectivity index (χ1) is 9.58. The molecule has 20 heavy (non-hydrogen) atoms. The van der Waals surface area contributed by atoms with Crippen molar-refractivity contribution in [3.05, 3.63) is 35.4 Å². The predicted molar refractivity (Wildman–Crippen MR) is 80.6 cm³/mol. The van der Waals surface area contributed by atoms with Crippen LogP contribution in [-0.4, -0.2) is 18.4 Å². The van der Waals surface area contributed by atoms with E-state index in [1.807, 2.05) is 0 Å². The highest BCUT2D eigenvalue weighted by Gasteiger charge is 2.11. The zero-order chi connectivity index (χ0) is 15.0. The zero-order valence-corrected chi connectivity index (χ0v) is 12.3. The maximum absolute atomic E-state index is 12.1. The van der Waals surface area contributed by atoms with Crippen LogP contribution in [0.4, 0.5) is 0 Å². The SMILES string of the molecule is CCCCC(CC)CNC(=O)c1cccc(C(N)=O)c1. The van der Waals surface area contributed by atoms with Crippen molar-refractivity contribution in [2.45, 2.75) is 39.5 Å². The Morgan fingerprint density at radius 1 is 1.25 bits per heavy atom. The molecule has 0 aliphatic carbocycles. The van der Waals surface area contributed by atoms with E-state index in [1.54, 1.807) is 18.2 Å². The molecule has 0 spiro atoms. The number of nitrogens with two attached hydrogens (primary N) is 1. The highest BCUT2D eigenvalue weighted by molar-refractivity contribution is 5.99. The summed E-state index contributed by atoms with van der Waals surface area (Å²) < 4.78 is 0. The summed E-state index contributed by atoms with van der Waals surface area (Å²) in [5.41, 5.74) is 6.05. The fraction of sp³-hybridized carbons (Fsp3) is 0.500. The molecule has 1 atom stereocenters. The monoisotopic (exact) mass is 276 g/mol. The Labute approximate surface area is 120 Å². The van der Waals surface area contributed by atoms with Gasteiger partial charge in [0, 0.05) is 17.7 Å². The summed E-state index contributed by atoms with van der Waals surface area (Å²) in [6.45, 7) is 4.98. The fourth-order valence-corrected chi connectivity index (χ4v) is 2.10. The minimum Gasteiger partial charge on any atom is -0.366 e. The maximum atomic E-state index is 12.1. The molecule has 110 valence electrons. The highest BCUT2D eigenvalue weighted by atomic mass is 16.2. The molecule has 1 aromatic carbocycles. The smallest absolute Gasteiger partial charge is 0.251 e. The standard InChI is InChI=1S/C16H24N2O2/c1-3-5-7-12(4-2)11-18-16(20)14-9-6-8-13(10-14)15(17)19/h6,8-10,12H,3-5,7,11H2,1-2H3,(H2,17,19)(H,18,20). The van der Waals surface area contributed by atoms with E-state index < -0.39 is 5.91 Å². The van der Waals surface area contributed by atoms with Gasteiger partial charge in [0.25, 0.3) is 5.91 Å². The van der Waals surface area contributed by atoms with Crippen LogP contribution in [0.5, 0.6) is 0 Å². The first-order valence-electron chi connectivity index (χ1n) is 7.26. The van der Waals surface area contributed by atoms with Gasteiger partial charge in [-0.25, -0.2) is 0 Å². The third-order valence-corrected chi connectivity index (χ3v) is 3.50. The van der Waals surface area contributed by atoms with Crippen molar-refractivity contribution in [2.75, 3.05) is 6.54 Å². The molecule has 3 N–H and O–H groups in total. The van der Waals surface area contributed by atoms with Gasteiger partial charge in [0.1, 0.15) is 0 Å². The second-order valence-electron chi connectivity index (χ2n) is 5.07. The number of unbranched alkanes of at least 4 members (excludes halogenated alkanes) is 1. The average Bonchev–Trinajstić information content (AvgIpc) is 2.47. The van der Waals surface area contributed by atoms with Crippen LogP contribution in [0.3, 0.4) is 0 Å². The van der Waals surface area contributed by atoms with Gasteiger partial charge in [-0.05, 0) is 30.5 Å². The summed E-state index contributed by atoms with van der Waals surface area (Å²) in [6.07, 6.45) is 4.55. The van der Waals surface area contributed by atoms with E-state index in [4.69, 9.17) is 5.73 Å². The van der Waals surface area contributed by atoms with E-state index in [0.29, 0.717) is 23.6 Å². The van der Waals surface area contributed by atoms with Crippen molar-refractivity contribution in [1.29, 1.82) is 0 Å². The molecular weight excluding hydrogens is 252 g/mol. The summed E-state index contributed by atoms with van der Waals surface area (Å²) in [4.78, 5) is 23.1. The Bertz CT molecular complexity index is 458. The zero-order valence-electron chi connectivity index (χ0n) is 12.3. The van der Waals surface area contributed by atoms with Crippen molar-refractivity contribution in [2.24, 2.45) is 11.7 Å². The van der Waals surface area contributed by atoms with Gasteiger partial charge in [-0.3, -0.25) is 9.59 Å². The van der Waals surface area contributed by atoms with E-state index in [9.17, 15) is 9.59 Å². The Hall–Kier alpha value is -1.84. The van der Waals surface area contributed by atoms with Gasteiger partial charge in [0.2, 0.25) is 5.91 Å². The minimum absolute atomic E-state index is 0.150. The molecule has 0 aliphatic heterocycles. The third kappa shape index (κ3) is 5.03. The molecule has 0 aliphatic rings. The van der Waals surface area contributed by atoms with Crippen LogP contribution >= 0.6 is 0 Å². The highest BCUT2D eigenvalue weighted by Crippen LogP contribution is 2.12. The molecule has 0 saturated carbocycles. The van der Waals surface area contributed by atoms with Gasteiger partial charge >= 0.3 is 0 Å². The molecule has 0 radical (unpaired) electrons. The Morgan fingerprint density at radius 2 is 1.95 bits per heavy atom. The Morgan fingerprint density at radius 3 is 2.55 bits per heavy atom. The van der Waals surface area contributed by atoms with E-state index in [0.717, 1.165) is 12.8 Å². The van der Waals surface area contributed by atoms with Crippen molar-refractivity contribution in [3.63, 3.8) is 0 Å². The lowest BCUT2D eigenvalue weighted by Crippen LogP contribution is -2.29. The fourth-order valence-electron chi connectivity index (χ4n) is 2.10. The summed E-state index contributed by atoms with van der Waals surface area (Å²) >= 11 is 0. The number of nitrogens with one attached hydrogen (secondary N) is 1. The largest absolute Gasteiger partial charge is 0.366 e. The average molecular weight is 276 g/mol. The quantitative estimate of drug-likeness (QED) is 0.766. The van der Waals surface area contributed by atoms with Crippen LogP contribution in [0.1, 0.15) is 60.2 Å². The van der Waals surface area contributed by atoms with Gasteiger partial charge in [-0.1, -0.05) is 39.2 Å². The van der Waals surface area contributed by atoms with Gasteiger partial charge in [0.05, 0.1) is 0 Å². The van der Waals surface area contributed by atoms with Crippen LogP contribution < -0.4 is 11.1 Å². The number of carbonyl (C=O) groups is 2. The van der Waals surface area contributed by atoms with Crippen LogP contribution in [0.2, 0.25) is 0 Å².